The van der Waals surface area contributed by atoms with Crippen LogP contribution in [0, 0.1) is 5.92 Å². The number of aliphatic hydroxyl groups is 1. The van der Waals surface area contributed by atoms with Gasteiger partial charge in [-0.2, -0.15) is 0 Å². The highest BCUT2D eigenvalue weighted by Gasteiger charge is 2.47. The van der Waals surface area contributed by atoms with Crippen molar-refractivity contribution in [3.8, 4) is 0 Å². The summed E-state index contributed by atoms with van der Waals surface area (Å²) in [5.74, 6) is -0.363. The molecule has 1 unspecified atom stereocenters. The topological polar surface area (TPSA) is 49.3 Å². The number of allylic oxidation sites excluding steroid dienone is 3. The summed E-state index contributed by atoms with van der Waals surface area (Å²) < 4.78 is 0. The molecule has 3 nitrogen and oxygen atoms in total. The molecule has 2 aliphatic rings. The molecule has 1 aliphatic carbocycles. The van der Waals surface area contributed by atoms with Crippen molar-refractivity contribution in [2.45, 2.75) is 18.9 Å². The van der Waals surface area contributed by atoms with Crippen LogP contribution in [0.2, 0.25) is 0 Å². The van der Waals surface area contributed by atoms with E-state index in [-0.39, 0.29) is 11.8 Å². The van der Waals surface area contributed by atoms with Crippen molar-refractivity contribution in [3.63, 3.8) is 0 Å². The first-order valence-corrected chi connectivity index (χ1v) is 4.03. The summed E-state index contributed by atoms with van der Waals surface area (Å²) >= 11 is 0. The van der Waals surface area contributed by atoms with E-state index < -0.39 is 5.60 Å². The lowest BCUT2D eigenvalue weighted by molar-refractivity contribution is -0.136. The fraction of sp³-hybridized carbons (Fsp3) is 0.444. The molecule has 1 fully saturated rings. The van der Waals surface area contributed by atoms with Gasteiger partial charge in [0.05, 0.1) is 0 Å². The molecular weight excluding hydrogens is 154 g/mol. The highest BCUT2D eigenvalue weighted by molar-refractivity contribution is 5.90. The molecule has 64 valence electrons. The molecule has 2 atom stereocenters. The first-order valence-electron chi connectivity index (χ1n) is 4.03. The van der Waals surface area contributed by atoms with Crippen LogP contribution in [0.1, 0.15) is 13.3 Å². The van der Waals surface area contributed by atoms with Gasteiger partial charge in [0.15, 0.2) is 0 Å². The van der Waals surface area contributed by atoms with Gasteiger partial charge in [0.1, 0.15) is 5.60 Å². The lowest BCUT2D eigenvalue weighted by Gasteiger charge is -2.22. The Morgan fingerprint density at radius 1 is 1.75 bits per heavy atom. The predicted molar refractivity (Wildman–Crippen MR) is 44.1 cm³/mol. The Morgan fingerprint density at radius 2 is 2.50 bits per heavy atom. The summed E-state index contributed by atoms with van der Waals surface area (Å²) in [6.45, 7) is 1.56. The Morgan fingerprint density at radius 3 is 3.17 bits per heavy atom. The molecule has 0 aromatic carbocycles. The number of amides is 1. The van der Waals surface area contributed by atoms with Crippen LogP contribution in [0.3, 0.4) is 0 Å². The highest BCUT2D eigenvalue weighted by Crippen LogP contribution is 2.34. The van der Waals surface area contributed by atoms with E-state index in [9.17, 15) is 9.90 Å². The largest absolute Gasteiger partial charge is 0.380 e. The minimum Gasteiger partial charge on any atom is -0.380 e. The molecule has 0 saturated carbocycles. The zero-order chi connectivity index (χ0) is 8.77. The maximum Gasteiger partial charge on any atom is 0.256 e. The molecule has 1 aliphatic heterocycles. The van der Waals surface area contributed by atoms with E-state index >= 15 is 0 Å². The van der Waals surface area contributed by atoms with Gasteiger partial charge >= 0.3 is 0 Å². The number of hydrogen-bond acceptors (Lipinski definition) is 2. The maximum atomic E-state index is 11.2. The van der Waals surface area contributed by atoms with Gasteiger partial charge in [0.2, 0.25) is 0 Å². The fourth-order valence-electron chi connectivity index (χ4n) is 1.71. The van der Waals surface area contributed by atoms with E-state index in [1.165, 1.54) is 0 Å². The third-order valence-corrected chi connectivity index (χ3v) is 2.56. The van der Waals surface area contributed by atoms with Gasteiger partial charge in [0.25, 0.3) is 5.91 Å². The third kappa shape index (κ3) is 0.830. The summed E-state index contributed by atoms with van der Waals surface area (Å²) in [6.07, 6.45) is 6.43. The molecule has 1 amide bonds. The van der Waals surface area contributed by atoms with Crippen molar-refractivity contribution in [3.05, 3.63) is 23.9 Å². The predicted octanol–water partition coefficient (Wildman–Crippen LogP) is 0.327. The van der Waals surface area contributed by atoms with Gasteiger partial charge in [-0.3, -0.25) is 4.79 Å². The Bertz CT molecular complexity index is 289. The maximum absolute atomic E-state index is 11.2. The van der Waals surface area contributed by atoms with Crippen LogP contribution in [-0.2, 0) is 4.79 Å². The van der Waals surface area contributed by atoms with Crippen LogP contribution in [0.15, 0.2) is 23.9 Å². The van der Waals surface area contributed by atoms with Crippen LogP contribution in [-0.4, -0.2) is 16.6 Å². The van der Waals surface area contributed by atoms with Crippen molar-refractivity contribution >= 4 is 5.91 Å². The third-order valence-electron chi connectivity index (χ3n) is 2.56. The standard InChI is InChI=1S/C9H11NO2/c1-9(12)6-4-2-3-5-7(6)10-8(9)11/h2-3,5-6,12H,4H2,1H3,(H,10,11)/t6?,9-/m0/s1. The van der Waals surface area contributed by atoms with Crippen LogP contribution in [0.5, 0.6) is 0 Å². The number of carbonyl (C=O) groups is 1. The van der Waals surface area contributed by atoms with Gasteiger partial charge in [0, 0.05) is 11.6 Å². The van der Waals surface area contributed by atoms with E-state index in [4.69, 9.17) is 0 Å². The zero-order valence-corrected chi connectivity index (χ0v) is 6.87. The molecule has 3 heteroatoms. The summed E-state index contributed by atoms with van der Waals surface area (Å²) in [5.41, 5.74) is -0.385. The summed E-state index contributed by atoms with van der Waals surface area (Å²) in [6, 6.07) is 0. The molecule has 2 N–H and O–H groups in total. The number of fused-ring (bicyclic) bond motifs is 1. The number of hydrogen-bond donors (Lipinski definition) is 2. The second-order valence-corrected chi connectivity index (χ2v) is 3.44. The van der Waals surface area contributed by atoms with Crippen LogP contribution in [0.4, 0.5) is 0 Å². The molecule has 0 radical (unpaired) electrons. The quantitative estimate of drug-likeness (QED) is 0.543. The fourth-order valence-corrected chi connectivity index (χ4v) is 1.71. The first kappa shape index (κ1) is 7.55. The average molecular weight is 165 g/mol. The molecule has 0 aromatic rings. The molecule has 1 heterocycles. The van der Waals surface area contributed by atoms with Crippen molar-refractivity contribution < 1.29 is 9.90 Å². The molecule has 12 heavy (non-hydrogen) atoms. The first-order chi connectivity index (χ1) is 5.62. The van der Waals surface area contributed by atoms with Gasteiger partial charge in [-0.15, -0.1) is 0 Å². The van der Waals surface area contributed by atoms with Crippen LogP contribution in [0.25, 0.3) is 0 Å². The summed E-state index contributed by atoms with van der Waals surface area (Å²) in [7, 11) is 0. The second kappa shape index (κ2) is 2.20. The minimum absolute atomic E-state index is 0.0741. The van der Waals surface area contributed by atoms with Crippen LogP contribution >= 0.6 is 0 Å². The molecule has 0 aromatic heterocycles. The number of nitrogens with one attached hydrogen (secondary N) is 1. The number of rotatable bonds is 0. The van der Waals surface area contributed by atoms with E-state index in [0.717, 1.165) is 12.1 Å². The summed E-state index contributed by atoms with van der Waals surface area (Å²) in [4.78, 5) is 11.2. The molecule has 0 spiro atoms. The Balaban J connectivity index is 2.39. The van der Waals surface area contributed by atoms with E-state index in [1.807, 2.05) is 18.2 Å². The lowest BCUT2D eigenvalue weighted by Crippen LogP contribution is -2.38. The van der Waals surface area contributed by atoms with Gasteiger partial charge < -0.3 is 10.4 Å². The van der Waals surface area contributed by atoms with Crippen LogP contribution < -0.4 is 5.32 Å². The van der Waals surface area contributed by atoms with Crippen molar-refractivity contribution in [1.29, 1.82) is 0 Å². The average Bonchev–Trinajstić information content (AvgIpc) is 2.25. The highest BCUT2D eigenvalue weighted by atomic mass is 16.3. The SMILES string of the molecule is C[C@@]1(O)C(=O)NC2=CC=CCC21. The van der Waals surface area contributed by atoms with Gasteiger partial charge in [-0.25, -0.2) is 0 Å². The van der Waals surface area contributed by atoms with E-state index in [2.05, 4.69) is 5.32 Å². The molecular formula is C9H11NO2. The Hall–Kier alpha value is -1.09. The van der Waals surface area contributed by atoms with Crippen molar-refractivity contribution in [1.82, 2.24) is 5.32 Å². The van der Waals surface area contributed by atoms with Gasteiger partial charge in [-0.05, 0) is 19.4 Å². The Labute approximate surface area is 70.8 Å². The smallest absolute Gasteiger partial charge is 0.256 e. The van der Waals surface area contributed by atoms with Crippen molar-refractivity contribution in [2.24, 2.45) is 5.92 Å². The van der Waals surface area contributed by atoms with E-state index in [0.29, 0.717) is 0 Å². The minimum atomic E-state index is -1.23. The molecule has 2 rings (SSSR count). The second-order valence-electron chi connectivity index (χ2n) is 3.44. The molecule has 1 saturated heterocycles. The number of carbonyl (C=O) groups excluding carboxylic acids is 1. The summed E-state index contributed by atoms with van der Waals surface area (Å²) in [5, 5.41) is 12.4. The van der Waals surface area contributed by atoms with Gasteiger partial charge in [-0.1, -0.05) is 12.2 Å². The monoisotopic (exact) mass is 165 g/mol. The van der Waals surface area contributed by atoms with Crippen molar-refractivity contribution in [2.75, 3.05) is 0 Å². The lowest BCUT2D eigenvalue weighted by atomic mass is 9.85. The molecule has 0 bridgehead atoms. The zero-order valence-electron chi connectivity index (χ0n) is 6.87. The Kier molecular flexibility index (Phi) is 1.38. The van der Waals surface area contributed by atoms with E-state index in [1.54, 1.807) is 6.92 Å². The normalized spacial score (nSPS) is 39.0.